The van der Waals surface area contributed by atoms with Crippen LogP contribution in [0.3, 0.4) is 0 Å². The third-order valence-electron chi connectivity index (χ3n) is 2.64. The molecular weight excluding hydrogens is 336 g/mol. The zero-order chi connectivity index (χ0) is 12.6. The van der Waals surface area contributed by atoms with Crippen molar-refractivity contribution >= 4 is 33.5 Å². The van der Waals surface area contributed by atoms with Crippen molar-refractivity contribution in [2.75, 3.05) is 6.61 Å². The number of aryl methyl sites for hydroxylation is 1. The Morgan fingerprint density at radius 1 is 1.47 bits per heavy atom. The average molecular weight is 347 g/mol. The molecule has 0 fully saturated rings. The Kier molecular flexibility index (Phi) is 3.48. The molecule has 0 radical (unpaired) electrons. The number of pyridine rings is 1. The van der Waals surface area contributed by atoms with Crippen LogP contribution in [0.25, 0.3) is 10.9 Å². The summed E-state index contributed by atoms with van der Waals surface area (Å²) in [5.41, 5.74) is 1.02. The van der Waals surface area contributed by atoms with Crippen LogP contribution < -0.4 is 5.43 Å². The van der Waals surface area contributed by atoms with E-state index in [2.05, 4.69) is 0 Å². The fourth-order valence-electron chi connectivity index (χ4n) is 1.82. The summed E-state index contributed by atoms with van der Waals surface area (Å²) in [4.78, 5) is 11.9. The number of benzene rings is 1. The number of halogens is 2. The summed E-state index contributed by atoms with van der Waals surface area (Å²) < 4.78 is 15.6. The minimum Gasteiger partial charge on any atom is -0.395 e. The molecule has 0 bridgehead atoms. The zero-order valence-corrected chi connectivity index (χ0v) is 11.4. The molecule has 0 aliphatic rings. The number of aromatic nitrogens is 1. The molecule has 0 unspecified atom stereocenters. The first-order valence-electron chi connectivity index (χ1n) is 5.14. The molecule has 3 nitrogen and oxygen atoms in total. The summed E-state index contributed by atoms with van der Waals surface area (Å²) in [5.74, 6) is -0.354. The zero-order valence-electron chi connectivity index (χ0n) is 9.20. The summed E-state index contributed by atoms with van der Waals surface area (Å²) in [6.45, 7) is 2.01. The van der Waals surface area contributed by atoms with Crippen LogP contribution in [0.2, 0.25) is 0 Å². The first-order valence-corrected chi connectivity index (χ1v) is 6.22. The Labute approximate surface area is 111 Å². The molecule has 90 valence electrons. The van der Waals surface area contributed by atoms with Crippen molar-refractivity contribution in [1.82, 2.24) is 4.57 Å². The maximum atomic E-state index is 13.5. The van der Waals surface area contributed by atoms with E-state index in [-0.39, 0.29) is 17.9 Å². The molecule has 1 aromatic heterocycles. The number of hydrogen-bond donors (Lipinski definition) is 1. The molecule has 1 aromatic carbocycles. The molecule has 0 saturated carbocycles. The Morgan fingerprint density at radius 2 is 2.18 bits per heavy atom. The molecule has 0 saturated heterocycles. The monoisotopic (exact) mass is 347 g/mol. The van der Waals surface area contributed by atoms with E-state index in [1.807, 2.05) is 22.6 Å². The van der Waals surface area contributed by atoms with E-state index < -0.39 is 0 Å². The highest BCUT2D eigenvalue weighted by Crippen LogP contribution is 2.19. The fourth-order valence-corrected chi connectivity index (χ4v) is 2.29. The van der Waals surface area contributed by atoms with Crippen molar-refractivity contribution in [3.8, 4) is 0 Å². The fraction of sp³-hybridized carbons (Fsp3) is 0.250. The van der Waals surface area contributed by atoms with Gasteiger partial charge >= 0.3 is 0 Å². The summed E-state index contributed by atoms with van der Waals surface area (Å²) in [6, 6.07) is 2.89. The van der Waals surface area contributed by atoms with E-state index in [1.54, 1.807) is 23.8 Å². The minimum absolute atomic E-state index is 0.0506. The van der Waals surface area contributed by atoms with Crippen LogP contribution in [0, 0.1) is 16.3 Å². The van der Waals surface area contributed by atoms with Crippen LogP contribution in [-0.2, 0) is 6.54 Å². The van der Waals surface area contributed by atoms with Crippen molar-refractivity contribution < 1.29 is 9.50 Å². The van der Waals surface area contributed by atoms with E-state index in [4.69, 9.17) is 5.11 Å². The highest BCUT2D eigenvalue weighted by molar-refractivity contribution is 14.1. The van der Waals surface area contributed by atoms with Crippen molar-refractivity contribution in [3.05, 3.63) is 43.5 Å². The average Bonchev–Trinajstić information content (AvgIpc) is 2.29. The molecule has 0 aliphatic heterocycles. The number of hydrogen-bond acceptors (Lipinski definition) is 2. The van der Waals surface area contributed by atoms with E-state index in [0.29, 0.717) is 26.6 Å². The van der Waals surface area contributed by atoms with Gasteiger partial charge in [0.05, 0.1) is 12.1 Å². The van der Waals surface area contributed by atoms with Gasteiger partial charge in [0.2, 0.25) is 0 Å². The van der Waals surface area contributed by atoms with Gasteiger partial charge in [0.1, 0.15) is 5.82 Å². The van der Waals surface area contributed by atoms with Crippen LogP contribution in [0.5, 0.6) is 0 Å². The largest absolute Gasteiger partial charge is 0.395 e. The predicted molar refractivity (Wildman–Crippen MR) is 72.7 cm³/mol. The topological polar surface area (TPSA) is 42.2 Å². The second-order valence-electron chi connectivity index (χ2n) is 3.84. The molecule has 2 aromatic rings. The Balaban J connectivity index is 2.88. The minimum atomic E-state index is -0.354. The van der Waals surface area contributed by atoms with Crippen LogP contribution in [-0.4, -0.2) is 16.3 Å². The smallest absolute Gasteiger partial charge is 0.192 e. The summed E-state index contributed by atoms with van der Waals surface area (Å²) in [6.07, 6.45) is 1.65. The lowest BCUT2D eigenvalue weighted by atomic mass is 10.1. The highest BCUT2D eigenvalue weighted by atomic mass is 127. The van der Waals surface area contributed by atoms with Crippen molar-refractivity contribution in [1.29, 1.82) is 0 Å². The number of rotatable bonds is 2. The standard InChI is InChI=1S/C12H11FINO2/c1-7-6-15(2-3-16)11-5-9(13)10(14)4-8(11)12(7)17/h4-6,16H,2-3H2,1H3. The SMILES string of the molecule is Cc1cn(CCO)c2cc(F)c(I)cc2c1=O. The third kappa shape index (κ3) is 2.21. The molecule has 2 rings (SSSR count). The van der Waals surface area contributed by atoms with Crippen LogP contribution in [0.15, 0.2) is 23.1 Å². The van der Waals surface area contributed by atoms with Gasteiger partial charge in [0.15, 0.2) is 5.43 Å². The molecule has 0 spiro atoms. The molecular formula is C12H11FINO2. The molecule has 17 heavy (non-hydrogen) atoms. The Bertz CT molecular complexity index is 636. The van der Waals surface area contributed by atoms with Crippen molar-refractivity contribution in [2.24, 2.45) is 0 Å². The first-order chi connectivity index (χ1) is 8.04. The van der Waals surface area contributed by atoms with E-state index in [1.165, 1.54) is 6.07 Å². The molecule has 1 N–H and O–H groups in total. The summed E-state index contributed by atoms with van der Waals surface area (Å²) in [7, 11) is 0. The molecule has 0 amide bonds. The van der Waals surface area contributed by atoms with Crippen molar-refractivity contribution in [2.45, 2.75) is 13.5 Å². The van der Waals surface area contributed by atoms with Gasteiger partial charge in [0.25, 0.3) is 0 Å². The Hall–Kier alpha value is -0.950. The molecule has 5 heteroatoms. The maximum Gasteiger partial charge on any atom is 0.192 e. The van der Waals surface area contributed by atoms with Gasteiger partial charge < -0.3 is 9.67 Å². The van der Waals surface area contributed by atoms with E-state index in [0.717, 1.165) is 0 Å². The first kappa shape index (κ1) is 12.5. The number of nitrogens with zero attached hydrogens (tertiary/aromatic N) is 1. The van der Waals surface area contributed by atoms with Gasteiger partial charge in [-0.15, -0.1) is 0 Å². The molecule has 0 aliphatic carbocycles. The normalized spacial score (nSPS) is 11.1. The lowest BCUT2D eigenvalue weighted by molar-refractivity contribution is 0.277. The van der Waals surface area contributed by atoms with Crippen LogP contribution in [0.4, 0.5) is 4.39 Å². The second kappa shape index (κ2) is 4.73. The molecule has 0 atom stereocenters. The van der Waals surface area contributed by atoms with Gasteiger partial charge in [-0.2, -0.15) is 0 Å². The molecule has 1 heterocycles. The Morgan fingerprint density at radius 3 is 2.82 bits per heavy atom. The second-order valence-corrected chi connectivity index (χ2v) is 5.00. The predicted octanol–water partition coefficient (Wildman–Crippen LogP) is 2.05. The van der Waals surface area contributed by atoms with E-state index in [9.17, 15) is 9.18 Å². The number of aliphatic hydroxyl groups is 1. The van der Waals surface area contributed by atoms with Gasteiger partial charge in [-0.3, -0.25) is 4.79 Å². The van der Waals surface area contributed by atoms with Gasteiger partial charge in [-0.25, -0.2) is 4.39 Å². The van der Waals surface area contributed by atoms with Crippen molar-refractivity contribution in [3.63, 3.8) is 0 Å². The number of fused-ring (bicyclic) bond motifs is 1. The summed E-state index contributed by atoms with van der Waals surface area (Å²) in [5, 5.41) is 9.46. The quantitative estimate of drug-likeness (QED) is 0.845. The third-order valence-corrected chi connectivity index (χ3v) is 3.47. The maximum absolute atomic E-state index is 13.5. The lowest BCUT2D eigenvalue weighted by Crippen LogP contribution is -2.14. The van der Waals surface area contributed by atoms with Crippen LogP contribution in [0.1, 0.15) is 5.56 Å². The van der Waals surface area contributed by atoms with Gasteiger partial charge in [-0.05, 0) is 41.6 Å². The van der Waals surface area contributed by atoms with Crippen LogP contribution >= 0.6 is 22.6 Å². The summed E-state index contributed by atoms with van der Waals surface area (Å²) >= 11 is 1.86. The highest BCUT2D eigenvalue weighted by Gasteiger charge is 2.09. The van der Waals surface area contributed by atoms with Gasteiger partial charge in [0, 0.05) is 27.3 Å². The number of aliphatic hydroxyl groups excluding tert-OH is 1. The van der Waals surface area contributed by atoms with Gasteiger partial charge in [-0.1, -0.05) is 0 Å². The lowest BCUT2D eigenvalue weighted by Gasteiger charge is -2.11. The van der Waals surface area contributed by atoms with E-state index >= 15 is 0 Å².